The van der Waals surface area contributed by atoms with Crippen LogP contribution in [-0.4, -0.2) is 35.1 Å². The maximum atomic E-state index is 15.7. The summed E-state index contributed by atoms with van der Waals surface area (Å²) in [6.07, 6.45) is 7.21. The lowest BCUT2D eigenvalue weighted by atomic mass is 9.94. The Hall–Kier alpha value is -7.46. The van der Waals surface area contributed by atoms with E-state index in [9.17, 15) is 14.4 Å². The number of anilines is 2. The molecule has 1 unspecified atom stereocenters. The number of fused-ring (bicyclic) bond motifs is 2. The first-order valence-corrected chi connectivity index (χ1v) is 19.4. The minimum atomic E-state index is -0.354. The molecular formula is C49H37FN4O5. The fourth-order valence-electron chi connectivity index (χ4n) is 7.61. The summed E-state index contributed by atoms with van der Waals surface area (Å²) in [4.78, 5) is 41.7. The molecule has 1 N–H and O–H groups in total. The average molecular weight is 781 g/mol. The van der Waals surface area contributed by atoms with Gasteiger partial charge in [0.15, 0.2) is 5.58 Å². The molecule has 7 aromatic rings. The van der Waals surface area contributed by atoms with E-state index < -0.39 is 0 Å². The highest BCUT2D eigenvalue weighted by Gasteiger charge is 2.27. The summed E-state index contributed by atoms with van der Waals surface area (Å²) in [5, 5.41) is 6.40. The summed E-state index contributed by atoms with van der Waals surface area (Å²) >= 11 is 0. The number of oxazole rings is 1. The quantitative estimate of drug-likeness (QED) is 0.0432. The zero-order valence-electron chi connectivity index (χ0n) is 31.9. The van der Waals surface area contributed by atoms with Gasteiger partial charge in [0, 0.05) is 29.7 Å². The van der Waals surface area contributed by atoms with E-state index in [-0.39, 0.29) is 35.7 Å². The number of rotatable bonds is 12. The molecule has 0 radical (unpaired) electrons. The van der Waals surface area contributed by atoms with Crippen LogP contribution >= 0.6 is 0 Å². The van der Waals surface area contributed by atoms with Crippen molar-refractivity contribution in [2.75, 3.05) is 10.3 Å². The number of carbonyl (C=O) groups excluding carboxylic acids is 3. The Morgan fingerprint density at radius 1 is 0.780 bits per heavy atom. The van der Waals surface area contributed by atoms with Crippen LogP contribution in [0.3, 0.4) is 0 Å². The largest absolute Gasteiger partial charge is 0.459 e. The highest BCUT2D eigenvalue weighted by atomic mass is 19.1. The number of aromatic nitrogens is 1. The number of hydrazone groups is 1. The molecular weight excluding hydrogens is 744 g/mol. The highest BCUT2D eigenvalue weighted by Crippen LogP contribution is 2.31. The number of para-hydroxylation sites is 2. The standard InChI is InChI=1S/C49H37FN4O5/c1-30-24-41(58-48(30)57)20-9-32-10-21-42(43(50)25-32)38-17-14-34(39(27-38)29-51-53-49-52-44-4-2-3-5-45(44)59-49)13-8-31-6-11-33(12-7-31)35-15-16-37-28-40(19-18-36(37)26-35)54-46(55)22-23-47(54)56/h2-7,10-12,14-19,21-23,25-29,41H,1,8-9,13,20,24H2,(H,52,53)/b51-29+. The molecule has 0 spiro atoms. The molecule has 10 heteroatoms. The molecule has 0 saturated carbocycles. The number of esters is 1. The van der Waals surface area contributed by atoms with Crippen molar-refractivity contribution in [3.8, 4) is 22.3 Å². The highest BCUT2D eigenvalue weighted by molar-refractivity contribution is 6.28. The molecule has 9 nitrogen and oxygen atoms in total. The molecule has 1 saturated heterocycles. The maximum Gasteiger partial charge on any atom is 0.333 e. The third-order valence-electron chi connectivity index (χ3n) is 10.8. The normalized spacial score (nSPS) is 15.3. The van der Waals surface area contributed by atoms with Crippen LogP contribution < -0.4 is 10.3 Å². The lowest BCUT2D eigenvalue weighted by Crippen LogP contribution is -2.29. The number of halogens is 1. The zero-order valence-corrected chi connectivity index (χ0v) is 31.9. The predicted molar refractivity (Wildman–Crippen MR) is 227 cm³/mol. The van der Waals surface area contributed by atoms with E-state index >= 15 is 4.39 Å². The molecule has 0 bridgehead atoms. The Kier molecular flexibility index (Phi) is 9.96. The molecule has 2 amide bonds. The Morgan fingerprint density at radius 2 is 1.53 bits per heavy atom. The second-order valence-corrected chi connectivity index (χ2v) is 14.7. The van der Waals surface area contributed by atoms with Crippen LogP contribution in [0, 0.1) is 5.82 Å². The molecule has 9 rings (SSSR count). The molecule has 1 fully saturated rings. The number of imide groups is 1. The van der Waals surface area contributed by atoms with Gasteiger partial charge in [-0.3, -0.25) is 9.59 Å². The van der Waals surface area contributed by atoms with Gasteiger partial charge in [0.05, 0.1) is 11.9 Å². The number of carbonyl (C=O) groups is 3. The smallest absolute Gasteiger partial charge is 0.333 e. The van der Waals surface area contributed by atoms with Gasteiger partial charge in [-0.15, -0.1) is 0 Å². The number of aryl methyl sites for hydroxylation is 3. The minimum Gasteiger partial charge on any atom is -0.459 e. The Bertz CT molecular complexity index is 2810. The van der Waals surface area contributed by atoms with E-state index in [1.807, 2.05) is 72.8 Å². The summed E-state index contributed by atoms with van der Waals surface area (Å²) in [6, 6.07) is 39.1. The first-order valence-electron chi connectivity index (χ1n) is 19.4. The molecule has 1 aromatic heterocycles. The van der Waals surface area contributed by atoms with Gasteiger partial charge in [-0.25, -0.2) is 19.5 Å². The summed E-state index contributed by atoms with van der Waals surface area (Å²) in [7, 11) is 0. The Morgan fingerprint density at radius 3 is 2.31 bits per heavy atom. The van der Waals surface area contributed by atoms with Gasteiger partial charge >= 0.3 is 12.0 Å². The minimum absolute atomic E-state index is 0.226. The van der Waals surface area contributed by atoms with E-state index in [0.717, 1.165) is 56.1 Å². The van der Waals surface area contributed by atoms with Gasteiger partial charge in [-0.05, 0) is 118 Å². The average Bonchev–Trinajstić information content (AvgIpc) is 3.93. The third kappa shape index (κ3) is 7.93. The van der Waals surface area contributed by atoms with Crippen LogP contribution in [0.25, 0.3) is 44.1 Å². The van der Waals surface area contributed by atoms with E-state index in [1.165, 1.54) is 17.1 Å². The Balaban J connectivity index is 0.915. The number of nitrogens with one attached hydrogen (secondary N) is 1. The van der Waals surface area contributed by atoms with Crippen LogP contribution in [0.5, 0.6) is 0 Å². The Labute approximate surface area is 339 Å². The molecule has 1 atom stereocenters. The number of hydrogen-bond donors (Lipinski definition) is 1. The molecule has 0 aliphatic carbocycles. The lowest BCUT2D eigenvalue weighted by Gasteiger charge is -2.15. The van der Waals surface area contributed by atoms with Gasteiger partial charge in [0.1, 0.15) is 17.4 Å². The van der Waals surface area contributed by atoms with Crippen molar-refractivity contribution in [1.29, 1.82) is 0 Å². The number of ether oxygens (including phenoxy) is 1. The summed E-state index contributed by atoms with van der Waals surface area (Å²) in [6.45, 7) is 3.75. The fraction of sp³-hybridized carbons (Fsp3) is 0.122. The third-order valence-corrected chi connectivity index (χ3v) is 10.8. The van der Waals surface area contributed by atoms with Crippen LogP contribution in [0.2, 0.25) is 0 Å². The van der Waals surface area contributed by atoms with E-state index in [0.29, 0.717) is 53.7 Å². The van der Waals surface area contributed by atoms with Crippen molar-refractivity contribution in [3.05, 3.63) is 174 Å². The van der Waals surface area contributed by atoms with Crippen LogP contribution in [0.4, 0.5) is 16.1 Å². The van der Waals surface area contributed by atoms with Crippen molar-refractivity contribution in [1.82, 2.24) is 4.98 Å². The van der Waals surface area contributed by atoms with Crippen LogP contribution in [-0.2, 0) is 38.4 Å². The van der Waals surface area contributed by atoms with Crippen molar-refractivity contribution in [2.45, 2.75) is 38.2 Å². The number of amides is 2. The van der Waals surface area contributed by atoms with Gasteiger partial charge in [-0.1, -0.05) is 85.4 Å². The predicted octanol–water partition coefficient (Wildman–Crippen LogP) is 9.92. The molecule has 59 heavy (non-hydrogen) atoms. The van der Waals surface area contributed by atoms with Crippen molar-refractivity contribution in [2.24, 2.45) is 5.10 Å². The SMILES string of the molecule is C=C1CC(CCc2ccc(-c3ccc(CCc4ccc(-c5ccc6cc(N7C(=O)C=CC7=O)ccc6c5)cc4)c(/C=N/Nc4nc5ccccc5o4)c3)c(F)c2)OC1=O. The van der Waals surface area contributed by atoms with E-state index in [4.69, 9.17) is 9.15 Å². The monoisotopic (exact) mass is 780 g/mol. The lowest BCUT2D eigenvalue weighted by molar-refractivity contribution is -0.139. The zero-order chi connectivity index (χ0) is 40.5. The molecule has 2 aliphatic rings. The van der Waals surface area contributed by atoms with Gasteiger partial charge in [-0.2, -0.15) is 10.1 Å². The molecule has 2 aliphatic heterocycles. The molecule has 3 heterocycles. The molecule has 6 aromatic carbocycles. The van der Waals surface area contributed by atoms with Crippen molar-refractivity contribution < 1.29 is 27.9 Å². The number of benzene rings is 6. The van der Waals surface area contributed by atoms with Crippen LogP contribution in [0.1, 0.15) is 35.1 Å². The maximum absolute atomic E-state index is 15.7. The van der Waals surface area contributed by atoms with Gasteiger partial charge < -0.3 is 9.15 Å². The van der Waals surface area contributed by atoms with Gasteiger partial charge in [0.2, 0.25) is 0 Å². The van der Waals surface area contributed by atoms with E-state index in [2.05, 4.69) is 52.4 Å². The van der Waals surface area contributed by atoms with Crippen LogP contribution in [0.15, 0.2) is 155 Å². The topological polar surface area (TPSA) is 114 Å². The number of cyclic esters (lactones) is 1. The van der Waals surface area contributed by atoms with Crippen molar-refractivity contribution >= 4 is 57.6 Å². The molecule has 290 valence electrons. The summed E-state index contributed by atoms with van der Waals surface area (Å²) in [5.41, 5.74) is 12.5. The second-order valence-electron chi connectivity index (χ2n) is 14.7. The summed E-state index contributed by atoms with van der Waals surface area (Å²) < 4.78 is 26.8. The number of nitrogens with zero attached hydrogens (tertiary/aromatic N) is 3. The first-order chi connectivity index (χ1) is 28.7. The van der Waals surface area contributed by atoms with Gasteiger partial charge in [0.25, 0.3) is 11.8 Å². The summed E-state index contributed by atoms with van der Waals surface area (Å²) in [5.74, 6) is -1.37. The number of hydrogen-bond acceptors (Lipinski definition) is 8. The fourth-order valence-corrected chi connectivity index (χ4v) is 7.61. The second kappa shape index (κ2) is 15.8. The first kappa shape index (κ1) is 37.1. The van der Waals surface area contributed by atoms with Crippen molar-refractivity contribution in [3.63, 3.8) is 0 Å². The van der Waals surface area contributed by atoms with E-state index in [1.54, 1.807) is 24.4 Å².